The van der Waals surface area contributed by atoms with Crippen molar-refractivity contribution in [1.29, 1.82) is 0 Å². The van der Waals surface area contributed by atoms with E-state index in [9.17, 15) is 4.79 Å². The molecule has 1 unspecified atom stereocenters. The van der Waals surface area contributed by atoms with Crippen LogP contribution in [0.2, 0.25) is 0 Å². The van der Waals surface area contributed by atoms with E-state index in [4.69, 9.17) is 9.47 Å². The third kappa shape index (κ3) is 2.78. The van der Waals surface area contributed by atoms with E-state index < -0.39 is 5.60 Å². The predicted octanol–water partition coefficient (Wildman–Crippen LogP) is 1.55. The van der Waals surface area contributed by atoms with Gasteiger partial charge in [-0.05, 0) is 26.2 Å². The van der Waals surface area contributed by atoms with Crippen LogP contribution in [0.4, 0.5) is 0 Å². The molecule has 3 nitrogen and oxygen atoms in total. The van der Waals surface area contributed by atoms with Crippen molar-refractivity contribution < 1.29 is 14.3 Å². The molecule has 1 heterocycles. The van der Waals surface area contributed by atoms with Crippen molar-refractivity contribution in [2.45, 2.75) is 38.2 Å². The Morgan fingerprint density at radius 1 is 1.62 bits per heavy atom. The molecular weight excluding hydrogens is 168 g/mol. The van der Waals surface area contributed by atoms with Crippen LogP contribution < -0.4 is 0 Å². The number of carbonyl (C=O) groups excluding carboxylic acids is 1. The van der Waals surface area contributed by atoms with Gasteiger partial charge in [-0.15, -0.1) is 0 Å². The van der Waals surface area contributed by atoms with Gasteiger partial charge in [0.25, 0.3) is 0 Å². The fourth-order valence-corrected chi connectivity index (χ4v) is 1.64. The van der Waals surface area contributed by atoms with Gasteiger partial charge in [0.05, 0.1) is 0 Å². The number of hydrogen-bond acceptors (Lipinski definition) is 3. The minimum absolute atomic E-state index is 0.224. The minimum Gasteiger partial charge on any atom is -0.385 e. The molecular formula is C10H18O3. The maximum absolute atomic E-state index is 11.7. The number of ketones is 1. The Morgan fingerprint density at radius 3 is 2.92 bits per heavy atom. The average molecular weight is 186 g/mol. The average Bonchev–Trinajstić information content (AvgIpc) is 2.54. The largest absolute Gasteiger partial charge is 0.385 e. The van der Waals surface area contributed by atoms with E-state index in [2.05, 4.69) is 0 Å². The summed E-state index contributed by atoms with van der Waals surface area (Å²) in [7, 11) is 1.65. The number of carbonyl (C=O) groups is 1. The van der Waals surface area contributed by atoms with Gasteiger partial charge in [0.15, 0.2) is 5.78 Å². The second-order valence-corrected chi connectivity index (χ2v) is 3.70. The summed E-state index contributed by atoms with van der Waals surface area (Å²) in [5.74, 6) is 0.224. The first kappa shape index (κ1) is 10.7. The van der Waals surface area contributed by atoms with Crippen molar-refractivity contribution in [2.24, 2.45) is 0 Å². The van der Waals surface area contributed by atoms with Gasteiger partial charge in [0.2, 0.25) is 0 Å². The summed E-state index contributed by atoms with van der Waals surface area (Å²) in [5.41, 5.74) is -0.492. The fraction of sp³-hybridized carbons (Fsp3) is 0.900. The third-order valence-electron chi connectivity index (χ3n) is 2.56. The smallest absolute Gasteiger partial charge is 0.164 e. The van der Waals surface area contributed by atoms with Crippen LogP contribution in [-0.4, -0.2) is 31.7 Å². The molecule has 0 saturated carbocycles. The molecule has 1 fully saturated rings. The molecule has 0 aliphatic carbocycles. The van der Waals surface area contributed by atoms with Crippen LogP contribution in [0.1, 0.15) is 32.6 Å². The highest BCUT2D eigenvalue weighted by Crippen LogP contribution is 2.27. The van der Waals surface area contributed by atoms with Gasteiger partial charge in [-0.25, -0.2) is 0 Å². The zero-order chi connectivity index (χ0) is 9.73. The van der Waals surface area contributed by atoms with Gasteiger partial charge in [-0.3, -0.25) is 4.79 Å². The molecule has 3 heteroatoms. The number of ether oxygens (including phenoxy) is 2. The van der Waals surface area contributed by atoms with Crippen LogP contribution in [0, 0.1) is 0 Å². The van der Waals surface area contributed by atoms with Gasteiger partial charge in [0.1, 0.15) is 5.60 Å². The zero-order valence-corrected chi connectivity index (χ0v) is 8.47. The van der Waals surface area contributed by atoms with E-state index in [-0.39, 0.29) is 5.78 Å². The van der Waals surface area contributed by atoms with Crippen molar-refractivity contribution in [2.75, 3.05) is 20.3 Å². The summed E-state index contributed by atoms with van der Waals surface area (Å²) >= 11 is 0. The van der Waals surface area contributed by atoms with Crippen molar-refractivity contribution in [1.82, 2.24) is 0 Å². The molecule has 0 amide bonds. The Bertz CT molecular complexity index is 171. The molecule has 1 atom stereocenters. The molecule has 1 aliphatic heterocycles. The van der Waals surface area contributed by atoms with Crippen molar-refractivity contribution in [3.05, 3.63) is 0 Å². The zero-order valence-electron chi connectivity index (χ0n) is 8.47. The molecule has 13 heavy (non-hydrogen) atoms. The topological polar surface area (TPSA) is 35.5 Å². The number of hydrogen-bond donors (Lipinski definition) is 0. The molecule has 0 spiro atoms. The third-order valence-corrected chi connectivity index (χ3v) is 2.56. The van der Waals surface area contributed by atoms with Crippen LogP contribution in [0.5, 0.6) is 0 Å². The molecule has 76 valence electrons. The lowest BCUT2D eigenvalue weighted by Crippen LogP contribution is -2.34. The van der Waals surface area contributed by atoms with Crippen LogP contribution in [0.15, 0.2) is 0 Å². The van der Waals surface area contributed by atoms with Crippen LogP contribution >= 0.6 is 0 Å². The molecule has 0 aromatic carbocycles. The summed E-state index contributed by atoms with van der Waals surface area (Å²) in [6.07, 6.45) is 3.25. The Balaban J connectivity index is 2.29. The first-order valence-electron chi connectivity index (χ1n) is 4.85. The van der Waals surface area contributed by atoms with E-state index >= 15 is 0 Å². The second-order valence-electron chi connectivity index (χ2n) is 3.70. The lowest BCUT2D eigenvalue weighted by Gasteiger charge is -2.21. The van der Waals surface area contributed by atoms with Gasteiger partial charge in [0, 0.05) is 26.7 Å². The molecule has 0 N–H and O–H groups in total. The summed E-state index contributed by atoms with van der Waals surface area (Å²) in [6.45, 7) is 3.28. The highest BCUT2D eigenvalue weighted by atomic mass is 16.5. The SMILES string of the molecule is COCCCC(=O)C1(C)CCCO1. The normalized spacial score (nSPS) is 27.8. The molecule has 0 aromatic rings. The standard InChI is InChI=1S/C10H18O3/c1-10(6-4-8-13-10)9(11)5-3-7-12-2/h3-8H2,1-2H3. The first-order valence-corrected chi connectivity index (χ1v) is 4.85. The summed E-state index contributed by atoms with van der Waals surface area (Å²) in [4.78, 5) is 11.7. The van der Waals surface area contributed by atoms with E-state index in [1.807, 2.05) is 6.92 Å². The summed E-state index contributed by atoms with van der Waals surface area (Å²) in [6, 6.07) is 0. The lowest BCUT2D eigenvalue weighted by atomic mass is 9.94. The quantitative estimate of drug-likeness (QED) is 0.611. The lowest BCUT2D eigenvalue weighted by molar-refractivity contribution is -0.137. The summed E-state index contributed by atoms with van der Waals surface area (Å²) in [5, 5.41) is 0. The van der Waals surface area contributed by atoms with Crippen molar-refractivity contribution in [3.8, 4) is 0 Å². The molecule has 0 bridgehead atoms. The molecule has 0 aromatic heterocycles. The fourth-order valence-electron chi connectivity index (χ4n) is 1.64. The maximum Gasteiger partial charge on any atom is 0.164 e. The monoisotopic (exact) mass is 186 g/mol. The van der Waals surface area contributed by atoms with E-state index in [0.717, 1.165) is 25.9 Å². The van der Waals surface area contributed by atoms with E-state index in [1.54, 1.807) is 7.11 Å². The number of rotatable bonds is 5. The predicted molar refractivity (Wildman–Crippen MR) is 49.7 cm³/mol. The molecule has 1 saturated heterocycles. The molecule has 1 aliphatic rings. The number of methoxy groups -OCH3 is 1. The minimum atomic E-state index is -0.492. The highest BCUT2D eigenvalue weighted by molar-refractivity contribution is 5.87. The van der Waals surface area contributed by atoms with Crippen LogP contribution in [-0.2, 0) is 14.3 Å². The second kappa shape index (κ2) is 4.72. The molecule has 1 rings (SSSR count). The van der Waals surface area contributed by atoms with Crippen molar-refractivity contribution in [3.63, 3.8) is 0 Å². The highest BCUT2D eigenvalue weighted by Gasteiger charge is 2.36. The van der Waals surface area contributed by atoms with Crippen molar-refractivity contribution >= 4 is 5.78 Å². The van der Waals surface area contributed by atoms with Gasteiger partial charge >= 0.3 is 0 Å². The van der Waals surface area contributed by atoms with Gasteiger partial charge in [-0.2, -0.15) is 0 Å². The van der Waals surface area contributed by atoms with E-state index in [1.165, 1.54) is 0 Å². The Hall–Kier alpha value is -0.410. The van der Waals surface area contributed by atoms with Gasteiger partial charge in [-0.1, -0.05) is 0 Å². The Morgan fingerprint density at radius 2 is 2.38 bits per heavy atom. The Kier molecular flexibility index (Phi) is 3.88. The van der Waals surface area contributed by atoms with Crippen LogP contribution in [0.25, 0.3) is 0 Å². The van der Waals surface area contributed by atoms with E-state index in [0.29, 0.717) is 13.0 Å². The van der Waals surface area contributed by atoms with Gasteiger partial charge < -0.3 is 9.47 Å². The molecule has 0 radical (unpaired) electrons. The van der Waals surface area contributed by atoms with Crippen LogP contribution in [0.3, 0.4) is 0 Å². The maximum atomic E-state index is 11.7. The number of Topliss-reactive ketones (excluding diaryl/α,β-unsaturated/α-hetero) is 1. The summed E-state index contributed by atoms with van der Waals surface area (Å²) < 4.78 is 10.3. The first-order chi connectivity index (χ1) is 6.19. The Labute approximate surface area is 79.4 Å².